The van der Waals surface area contributed by atoms with Gasteiger partial charge in [-0.15, -0.1) is 0 Å². The number of amides is 1. The van der Waals surface area contributed by atoms with E-state index in [4.69, 9.17) is 0 Å². The summed E-state index contributed by atoms with van der Waals surface area (Å²) >= 11 is 0. The molecule has 4 aromatic rings. The van der Waals surface area contributed by atoms with Crippen molar-refractivity contribution in [1.82, 2.24) is 4.90 Å². The maximum atomic E-state index is 14.9. The van der Waals surface area contributed by atoms with Crippen LogP contribution >= 0.6 is 0 Å². The van der Waals surface area contributed by atoms with Gasteiger partial charge >= 0.3 is 0 Å². The van der Waals surface area contributed by atoms with Crippen molar-refractivity contribution in [2.45, 2.75) is 37.8 Å². The smallest absolute Gasteiger partial charge is 0.238 e. The van der Waals surface area contributed by atoms with E-state index >= 15 is 0 Å². The third-order valence-corrected chi connectivity index (χ3v) is 9.13. The molecule has 0 aromatic heterocycles. The largest absolute Gasteiger partial charge is 0.358 e. The van der Waals surface area contributed by atoms with Gasteiger partial charge in [-0.2, -0.15) is 0 Å². The number of para-hydroxylation sites is 1. The molecule has 1 fully saturated rings. The minimum atomic E-state index is -1.40. The van der Waals surface area contributed by atoms with Crippen molar-refractivity contribution in [3.05, 3.63) is 142 Å². The fourth-order valence-corrected chi connectivity index (χ4v) is 7.41. The average molecular weight is 571 g/mol. The summed E-state index contributed by atoms with van der Waals surface area (Å²) in [5.74, 6) is -1.98. The Kier molecular flexibility index (Phi) is 6.38. The second-order valence-electron chi connectivity index (χ2n) is 12.1. The third-order valence-electron chi connectivity index (χ3n) is 9.13. The summed E-state index contributed by atoms with van der Waals surface area (Å²) in [6, 6.07) is 26.6. The molecule has 0 unspecified atom stereocenters. The van der Waals surface area contributed by atoms with Crippen LogP contribution in [0.4, 0.5) is 10.1 Å². The third kappa shape index (κ3) is 4.08. The summed E-state index contributed by atoms with van der Waals surface area (Å²) in [4.78, 5) is 45.8. The fourth-order valence-electron chi connectivity index (χ4n) is 7.41. The van der Waals surface area contributed by atoms with Crippen molar-refractivity contribution in [1.29, 1.82) is 0 Å². The Morgan fingerprint density at radius 1 is 0.860 bits per heavy atom. The number of benzene rings is 4. The summed E-state index contributed by atoms with van der Waals surface area (Å²) in [6.45, 7) is 4.29. The maximum Gasteiger partial charge on any atom is 0.238 e. The van der Waals surface area contributed by atoms with E-state index in [1.165, 1.54) is 24.3 Å². The van der Waals surface area contributed by atoms with Crippen LogP contribution in [0.15, 0.2) is 103 Å². The van der Waals surface area contributed by atoms with Crippen LogP contribution in [0, 0.1) is 17.7 Å². The van der Waals surface area contributed by atoms with Crippen molar-refractivity contribution in [3.63, 3.8) is 0 Å². The molecule has 0 saturated carbocycles. The first-order chi connectivity index (χ1) is 20.8. The minimum Gasteiger partial charge on any atom is -0.358 e. The van der Waals surface area contributed by atoms with Crippen molar-refractivity contribution in [2.75, 3.05) is 5.32 Å². The Balaban J connectivity index is 1.48. The van der Waals surface area contributed by atoms with Crippen LogP contribution in [-0.4, -0.2) is 28.4 Å². The zero-order valence-electron chi connectivity index (χ0n) is 24.0. The molecule has 3 heterocycles. The fraction of sp³-hybridized carbons (Fsp3) is 0.216. The van der Waals surface area contributed by atoms with E-state index < -0.39 is 29.2 Å². The number of anilines is 1. The normalized spacial score (nSPS) is 23.2. The molecule has 1 saturated heterocycles. The lowest BCUT2D eigenvalue weighted by atomic mass is 9.62. The van der Waals surface area contributed by atoms with Gasteiger partial charge in [-0.25, -0.2) is 4.39 Å². The highest BCUT2D eigenvalue weighted by atomic mass is 19.1. The first-order valence-corrected chi connectivity index (χ1v) is 14.7. The number of carbonyl (C=O) groups excluding carboxylic acids is 3. The molecule has 0 radical (unpaired) electrons. The topological polar surface area (TPSA) is 66.5 Å². The van der Waals surface area contributed by atoms with E-state index in [1.54, 1.807) is 0 Å². The van der Waals surface area contributed by atoms with E-state index in [0.29, 0.717) is 22.7 Å². The summed E-state index contributed by atoms with van der Waals surface area (Å²) in [5.41, 5.74) is 3.59. The average Bonchev–Trinajstić information content (AvgIpc) is 3.49. The van der Waals surface area contributed by atoms with E-state index in [0.717, 1.165) is 23.1 Å². The van der Waals surface area contributed by atoms with E-state index in [-0.39, 0.29) is 23.0 Å². The number of carbonyl (C=O) groups is 3. The van der Waals surface area contributed by atoms with Gasteiger partial charge in [-0.1, -0.05) is 80.6 Å². The van der Waals surface area contributed by atoms with Gasteiger partial charge in [0.15, 0.2) is 11.6 Å². The van der Waals surface area contributed by atoms with Crippen LogP contribution in [0.25, 0.3) is 6.08 Å². The molecule has 4 atom stereocenters. The first kappa shape index (κ1) is 27.0. The molecule has 3 aliphatic rings. The summed E-state index contributed by atoms with van der Waals surface area (Å²) < 4.78 is 13.9. The Bertz CT molecular complexity index is 1790. The number of rotatable bonds is 6. The lowest BCUT2D eigenvalue weighted by molar-refractivity contribution is -0.122. The molecule has 0 bridgehead atoms. The molecule has 3 aliphatic heterocycles. The van der Waals surface area contributed by atoms with Crippen molar-refractivity contribution in [3.8, 4) is 0 Å². The highest BCUT2D eigenvalue weighted by molar-refractivity contribution is 6.16. The minimum absolute atomic E-state index is 0.274. The number of hydrogen-bond acceptors (Lipinski definition) is 4. The maximum absolute atomic E-state index is 14.9. The Labute approximate surface area is 250 Å². The molecule has 1 spiro atoms. The Hall–Kier alpha value is -4.84. The van der Waals surface area contributed by atoms with Crippen LogP contribution in [0.2, 0.25) is 0 Å². The Morgan fingerprint density at radius 3 is 2.26 bits per heavy atom. The second kappa shape index (κ2) is 10.2. The number of nitrogens with zero attached hydrogens (tertiary/aromatic N) is 1. The van der Waals surface area contributed by atoms with Crippen molar-refractivity contribution < 1.29 is 18.8 Å². The molecule has 4 aromatic carbocycles. The van der Waals surface area contributed by atoms with Gasteiger partial charge in [0.25, 0.3) is 0 Å². The van der Waals surface area contributed by atoms with Gasteiger partial charge in [0.05, 0.1) is 12.0 Å². The van der Waals surface area contributed by atoms with E-state index in [9.17, 15) is 18.8 Å². The van der Waals surface area contributed by atoms with Gasteiger partial charge in [-0.3, -0.25) is 14.4 Å². The molecule has 1 N–H and O–H groups in total. The highest BCUT2D eigenvalue weighted by Crippen LogP contribution is 2.62. The van der Waals surface area contributed by atoms with Gasteiger partial charge in [0, 0.05) is 23.0 Å². The first-order valence-electron chi connectivity index (χ1n) is 14.7. The van der Waals surface area contributed by atoms with Crippen LogP contribution in [0.5, 0.6) is 0 Å². The second-order valence-corrected chi connectivity index (χ2v) is 12.1. The number of nitrogens with one attached hydrogen (secondary N) is 1. The van der Waals surface area contributed by atoms with E-state index in [2.05, 4.69) is 19.2 Å². The predicted octanol–water partition coefficient (Wildman–Crippen LogP) is 7.01. The SMILES string of the molecule is CC(C)Cc1ccc(C(=O)[C@@H]2[C@@H](C(=O)c3ccc(F)cc3)N3C=Cc4ccccc4[C@@H]3[C@]23C(=O)Nc2ccccc23)cc1. The van der Waals surface area contributed by atoms with Gasteiger partial charge < -0.3 is 10.2 Å². The molecule has 6 heteroatoms. The number of hydrogen-bond donors (Lipinski definition) is 1. The number of fused-ring (bicyclic) bond motifs is 6. The number of Topliss-reactive ketones (excluding diaryl/α,β-unsaturated/α-hetero) is 2. The van der Waals surface area contributed by atoms with Gasteiger partial charge in [0.2, 0.25) is 5.91 Å². The standard InChI is InChI=1S/C37H31FN2O3/c1-22(2)21-23-11-13-25(14-12-23)33(41)31-32(34(42)26-15-17-27(38)18-16-26)40-20-19-24-7-3-4-8-28(24)35(40)37(31)29-9-5-6-10-30(29)39-36(37)43/h3-20,22,31-32,35H,21H2,1-2H3,(H,39,43)/t31-,32-,35+,37+/m0/s1. The van der Waals surface area contributed by atoms with E-state index in [1.807, 2.05) is 90.0 Å². The van der Waals surface area contributed by atoms with Crippen molar-refractivity contribution >= 4 is 29.2 Å². The van der Waals surface area contributed by atoms with Gasteiger partial charge in [0.1, 0.15) is 17.3 Å². The molecule has 43 heavy (non-hydrogen) atoms. The number of ketones is 2. The molecule has 0 aliphatic carbocycles. The molecule has 1 amide bonds. The molecule has 7 rings (SSSR count). The van der Waals surface area contributed by atoms with Crippen LogP contribution < -0.4 is 5.32 Å². The highest BCUT2D eigenvalue weighted by Gasteiger charge is 2.70. The quantitative estimate of drug-likeness (QED) is 0.254. The molecule has 214 valence electrons. The number of halogens is 1. The lowest BCUT2D eigenvalue weighted by Gasteiger charge is -2.38. The summed E-state index contributed by atoms with van der Waals surface area (Å²) in [5, 5.41) is 3.06. The van der Waals surface area contributed by atoms with Crippen LogP contribution in [-0.2, 0) is 16.6 Å². The molecular formula is C37H31FN2O3. The predicted molar refractivity (Wildman–Crippen MR) is 164 cm³/mol. The summed E-state index contributed by atoms with van der Waals surface area (Å²) in [6.07, 6.45) is 4.64. The zero-order valence-corrected chi connectivity index (χ0v) is 24.0. The van der Waals surface area contributed by atoms with Crippen LogP contribution in [0.1, 0.15) is 62.9 Å². The Morgan fingerprint density at radius 2 is 1.51 bits per heavy atom. The van der Waals surface area contributed by atoms with Crippen LogP contribution in [0.3, 0.4) is 0 Å². The zero-order chi connectivity index (χ0) is 29.9. The summed E-state index contributed by atoms with van der Waals surface area (Å²) in [7, 11) is 0. The lowest BCUT2D eigenvalue weighted by Crippen LogP contribution is -2.49. The monoisotopic (exact) mass is 570 g/mol. The van der Waals surface area contributed by atoms with Gasteiger partial charge in [-0.05, 0) is 71.0 Å². The molecule has 5 nitrogen and oxygen atoms in total. The van der Waals surface area contributed by atoms with Crippen molar-refractivity contribution in [2.24, 2.45) is 11.8 Å². The molecular weight excluding hydrogens is 539 g/mol.